The van der Waals surface area contributed by atoms with E-state index in [4.69, 9.17) is 4.74 Å². The Balaban J connectivity index is 1.59. The molecule has 0 radical (unpaired) electrons. The van der Waals surface area contributed by atoms with Gasteiger partial charge in [0.15, 0.2) is 0 Å². The van der Waals surface area contributed by atoms with Crippen molar-refractivity contribution in [3.63, 3.8) is 0 Å². The standard InChI is InChI=1S/C21H36N4O2/c1-4-5-12-24-13-9-17(10-14-24)23-21(26)18-7-6-15-27-20(18)19-8-11-22-25(19)16(2)3/h8,11,16-18,20H,4-7,9-10,12-15H2,1-3H3,(H,23,26)/t18-,20-/m1/s1. The number of carbonyl (C=O) groups is 1. The Morgan fingerprint density at radius 2 is 2.11 bits per heavy atom. The zero-order valence-electron chi connectivity index (χ0n) is 17.2. The van der Waals surface area contributed by atoms with Gasteiger partial charge in [-0.25, -0.2) is 0 Å². The number of unbranched alkanes of at least 4 members (excludes halogenated alkanes) is 1. The van der Waals surface area contributed by atoms with Crippen LogP contribution in [0.25, 0.3) is 0 Å². The first kappa shape index (κ1) is 20.3. The van der Waals surface area contributed by atoms with Crippen LogP contribution in [0.1, 0.15) is 77.1 Å². The Morgan fingerprint density at radius 3 is 2.81 bits per heavy atom. The molecule has 1 aromatic heterocycles. The van der Waals surface area contributed by atoms with Crippen LogP contribution in [-0.4, -0.2) is 52.9 Å². The lowest BCUT2D eigenvalue weighted by Crippen LogP contribution is -2.48. The zero-order valence-corrected chi connectivity index (χ0v) is 17.2. The second-order valence-electron chi connectivity index (χ2n) is 8.31. The summed E-state index contributed by atoms with van der Waals surface area (Å²) < 4.78 is 8.06. The van der Waals surface area contributed by atoms with Crippen LogP contribution < -0.4 is 5.32 Å². The summed E-state index contributed by atoms with van der Waals surface area (Å²) in [5.74, 6) is 0.0364. The predicted molar refractivity (Wildman–Crippen MR) is 107 cm³/mol. The zero-order chi connectivity index (χ0) is 19.2. The molecule has 2 saturated heterocycles. The minimum absolute atomic E-state index is 0.119. The Bertz CT molecular complexity index is 593. The van der Waals surface area contributed by atoms with Crippen molar-refractivity contribution in [3.05, 3.63) is 18.0 Å². The quantitative estimate of drug-likeness (QED) is 0.793. The molecule has 0 bridgehead atoms. The predicted octanol–water partition coefficient (Wildman–Crippen LogP) is 3.31. The van der Waals surface area contributed by atoms with Gasteiger partial charge in [0.05, 0.1) is 11.6 Å². The first-order valence-corrected chi connectivity index (χ1v) is 10.8. The van der Waals surface area contributed by atoms with Gasteiger partial charge in [-0.05, 0) is 58.6 Å². The summed E-state index contributed by atoms with van der Waals surface area (Å²) in [6, 6.07) is 2.56. The van der Waals surface area contributed by atoms with Crippen LogP contribution in [0.3, 0.4) is 0 Å². The molecule has 6 heteroatoms. The molecule has 3 heterocycles. The average Bonchev–Trinajstić information content (AvgIpc) is 3.17. The second kappa shape index (κ2) is 9.69. The van der Waals surface area contributed by atoms with Crippen molar-refractivity contribution in [2.45, 2.75) is 77.5 Å². The number of hydrogen-bond acceptors (Lipinski definition) is 4. The van der Waals surface area contributed by atoms with Crippen LogP contribution in [0.5, 0.6) is 0 Å². The summed E-state index contributed by atoms with van der Waals surface area (Å²) in [6.45, 7) is 10.6. The van der Waals surface area contributed by atoms with Crippen LogP contribution in [0.15, 0.2) is 12.3 Å². The molecular weight excluding hydrogens is 340 g/mol. The number of ether oxygens (including phenoxy) is 1. The molecule has 0 aromatic carbocycles. The molecule has 152 valence electrons. The molecule has 1 N–H and O–H groups in total. The summed E-state index contributed by atoms with van der Waals surface area (Å²) >= 11 is 0. The Kier molecular flexibility index (Phi) is 7.30. The Morgan fingerprint density at radius 1 is 1.33 bits per heavy atom. The first-order valence-electron chi connectivity index (χ1n) is 10.8. The van der Waals surface area contributed by atoms with E-state index in [9.17, 15) is 4.79 Å². The third kappa shape index (κ3) is 5.11. The first-order chi connectivity index (χ1) is 13.1. The maximum Gasteiger partial charge on any atom is 0.226 e. The van der Waals surface area contributed by atoms with Gasteiger partial charge in [-0.3, -0.25) is 9.48 Å². The lowest BCUT2D eigenvalue weighted by Gasteiger charge is -2.35. The fraction of sp³-hybridized carbons (Fsp3) is 0.810. The fourth-order valence-electron chi connectivity index (χ4n) is 4.31. The van der Waals surface area contributed by atoms with Crippen LogP contribution in [0.4, 0.5) is 0 Å². The maximum atomic E-state index is 13.1. The van der Waals surface area contributed by atoms with Crippen molar-refractivity contribution < 1.29 is 9.53 Å². The van der Waals surface area contributed by atoms with E-state index in [1.54, 1.807) is 0 Å². The summed E-state index contributed by atoms with van der Waals surface area (Å²) in [5.41, 5.74) is 1.03. The van der Waals surface area contributed by atoms with E-state index in [0.29, 0.717) is 12.6 Å². The third-order valence-electron chi connectivity index (χ3n) is 5.90. The van der Waals surface area contributed by atoms with Crippen LogP contribution in [-0.2, 0) is 9.53 Å². The molecule has 2 atom stereocenters. The number of aromatic nitrogens is 2. The highest BCUT2D eigenvalue weighted by Crippen LogP contribution is 2.35. The van der Waals surface area contributed by atoms with E-state index in [1.807, 2.05) is 16.9 Å². The average molecular weight is 377 g/mol. The third-order valence-corrected chi connectivity index (χ3v) is 5.90. The summed E-state index contributed by atoms with van der Waals surface area (Å²) in [7, 11) is 0. The number of nitrogens with one attached hydrogen (secondary N) is 1. The minimum Gasteiger partial charge on any atom is -0.371 e. The molecular formula is C21H36N4O2. The number of rotatable bonds is 7. The van der Waals surface area contributed by atoms with E-state index in [-0.39, 0.29) is 24.0 Å². The normalized spacial score (nSPS) is 25.0. The molecule has 2 aliphatic rings. The highest BCUT2D eigenvalue weighted by Gasteiger charge is 2.36. The fourth-order valence-corrected chi connectivity index (χ4v) is 4.31. The lowest BCUT2D eigenvalue weighted by molar-refractivity contribution is -0.136. The monoisotopic (exact) mass is 376 g/mol. The number of likely N-dealkylation sites (tertiary alicyclic amines) is 1. The van der Waals surface area contributed by atoms with Crippen molar-refractivity contribution >= 4 is 5.91 Å². The van der Waals surface area contributed by atoms with E-state index in [1.165, 1.54) is 19.4 Å². The second-order valence-corrected chi connectivity index (χ2v) is 8.31. The topological polar surface area (TPSA) is 59.4 Å². The van der Waals surface area contributed by atoms with E-state index >= 15 is 0 Å². The molecule has 2 aliphatic heterocycles. The molecule has 6 nitrogen and oxygen atoms in total. The van der Waals surface area contributed by atoms with Gasteiger partial charge < -0.3 is 15.0 Å². The number of nitrogens with zero attached hydrogens (tertiary/aromatic N) is 3. The van der Waals surface area contributed by atoms with Gasteiger partial charge in [-0.1, -0.05) is 13.3 Å². The highest BCUT2D eigenvalue weighted by atomic mass is 16.5. The molecule has 0 saturated carbocycles. The van der Waals surface area contributed by atoms with Crippen molar-refractivity contribution in [3.8, 4) is 0 Å². The van der Waals surface area contributed by atoms with Crippen molar-refractivity contribution in [1.82, 2.24) is 20.0 Å². The molecule has 27 heavy (non-hydrogen) atoms. The van der Waals surface area contributed by atoms with Crippen LogP contribution >= 0.6 is 0 Å². The number of hydrogen-bond donors (Lipinski definition) is 1. The molecule has 0 aliphatic carbocycles. The van der Waals surface area contributed by atoms with E-state index in [2.05, 4.69) is 36.1 Å². The van der Waals surface area contributed by atoms with Gasteiger partial charge in [-0.2, -0.15) is 5.10 Å². The largest absolute Gasteiger partial charge is 0.371 e. The minimum atomic E-state index is -0.187. The van der Waals surface area contributed by atoms with Crippen LogP contribution in [0.2, 0.25) is 0 Å². The highest BCUT2D eigenvalue weighted by molar-refractivity contribution is 5.79. The summed E-state index contributed by atoms with van der Waals surface area (Å²) in [6.07, 6.45) is 8.07. The number of carbonyl (C=O) groups excluding carboxylic acids is 1. The van der Waals surface area contributed by atoms with Crippen molar-refractivity contribution in [2.75, 3.05) is 26.2 Å². The molecule has 2 fully saturated rings. The van der Waals surface area contributed by atoms with Crippen molar-refractivity contribution in [2.24, 2.45) is 5.92 Å². The van der Waals surface area contributed by atoms with E-state index in [0.717, 1.165) is 44.5 Å². The smallest absolute Gasteiger partial charge is 0.226 e. The Hall–Kier alpha value is -1.40. The molecule has 1 aromatic rings. The summed E-state index contributed by atoms with van der Waals surface area (Å²) in [5, 5.41) is 7.76. The Labute approximate surface area is 163 Å². The van der Waals surface area contributed by atoms with Crippen molar-refractivity contribution in [1.29, 1.82) is 0 Å². The SMILES string of the molecule is CCCCN1CCC(NC(=O)[C@@H]2CCCO[C@H]2c2ccnn2C(C)C)CC1. The van der Waals surface area contributed by atoms with Gasteiger partial charge in [0.25, 0.3) is 0 Å². The van der Waals surface area contributed by atoms with Gasteiger partial charge in [0.1, 0.15) is 6.10 Å². The lowest BCUT2D eigenvalue weighted by atomic mass is 9.90. The summed E-state index contributed by atoms with van der Waals surface area (Å²) in [4.78, 5) is 15.6. The van der Waals surface area contributed by atoms with Gasteiger partial charge in [0.2, 0.25) is 5.91 Å². The van der Waals surface area contributed by atoms with Gasteiger partial charge >= 0.3 is 0 Å². The van der Waals surface area contributed by atoms with E-state index < -0.39 is 0 Å². The number of amides is 1. The molecule has 0 spiro atoms. The maximum absolute atomic E-state index is 13.1. The molecule has 3 rings (SSSR count). The molecule has 1 amide bonds. The van der Waals surface area contributed by atoms with Crippen LogP contribution in [0, 0.1) is 5.92 Å². The number of piperidine rings is 1. The van der Waals surface area contributed by atoms with Gasteiger partial charge in [-0.15, -0.1) is 0 Å². The molecule has 0 unspecified atom stereocenters. The van der Waals surface area contributed by atoms with Gasteiger partial charge in [0, 0.05) is 38.0 Å².